The van der Waals surface area contributed by atoms with Gasteiger partial charge in [0.15, 0.2) is 20.4 Å². The summed E-state index contributed by atoms with van der Waals surface area (Å²) >= 11 is 0. The zero-order chi connectivity index (χ0) is 21.4. The first-order chi connectivity index (χ1) is 13.6. The Morgan fingerprint density at radius 3 is 2.48 bits per heavy atom. The van der Waals surface area contributed by atoms with Gasteiger partial charge < -0.3 is 4.57 Å². The summed E-state index contributed by atoms with van der Waals surface area (Å²) in [6.07, 6.45) is 3.46. The minimum absolute atomic E-state index is 0.0191. The van der Waals surface area contributed by atoms with Gasteiger partial charge in [-0.2, -0.15) is 0 Å². The van der Waals surface area contributed by atoms with Crippen molar-refractivity contribution in [3.63, 3.8) is 0 Å². The van der Waals surface area contributed by atoms with Crippen LogP contribution in [-0.2, 0) is 27.6 Å². The molecule has 1 heterocycles. The summed E-state index contributed by atoms with van der Waals surface area (Å²) in [6.45, 7) is 1.19. The number of aryl methyl sites for hydroxylation is 2. The van der Waals surface area contributed by atoms with Gasteiger partial charge in [0.05, 0.1) is 0 Å². The number of nitrogens with one attached hydrogen (secondary N) is 1. The number of nitrogens with zero attached hydrogens (tertiary/aromatic N) is 1. The molecule has 1 aromatic heterocycles. The Kier molecular flexibility index (Phi) is 5.46. The first kappa shape index (κ1) is 20.9. The van der Waals surface area contributed by atoms with Gasteiger partial charge in [-0.3, -0.25) is 19.6 Å². The summed E-state index contributed by atoms with van der Waals surface area (Å²) in [4.78, 5) is 36.2. The molecule has 0 saturated heterocycles. The third-order valence-electron chi connectivity index (χ3n) is 5.59. The van der Waals surface area contributed by atoms with Gasteiger partial charge in [0.2, 0.25) is 0 Å². The fourth-order valence-electron chi connectivity index (χ4n) is 3.43. The van der Waals surface area contributed by atoms with E-state index >= 15 is 0 Å². The van der Waals surface area contributed by atoms with Crippen molar-refractivity contribution in [2.24, 2.45) is 0 Å². The smallest absolute Gasteiger partial charge is 0.264 e. The summed E-state index contributed by atoms with van der Waals surface area (Å²) in [6, 6.07) is 8.64. The van der Waals surface area contributed by atoms with Gasteiger partial charge in [-0.05, 0) is 42.5 Å². The van der Waals surface area contributed by atoms with E-state index in [9.17, 15) is 22.8 Å². The SMILES string of the molecule is CC(CCn1ccc(-c2ccc3c(c2)CCC3=O)cc1=O)(C(=O)NO)S(C)(=O)=O. The summed E-state index contributed by atoms with van der Waals surface area (Å²) in [7, 11) is -3.84. The molecule has 3 rings (SSSR count). The Labute approximate surface area is 168 Å². The number of hydrogen-bond donors (Lipinski definition) is 2. The summed E-state index contributed by atoms with van der Waals surface area (Å²) in [5.74, 6) is -0.917. The van der Waals surface area contributed by atoms with Crippen LogP contribution < -0.4 is 11.0 Å². The van der Waals surface area contributed by atoms with E-state index in [1.54, 1.807) is 18.2 Å². The van der Waals surface area contributed by atoms with Crippen molar-refractivity contribution in [1.29, 1.82) is 0 Å². The third kappa shape index (κ3) is 3.88. The zero-order valence-electron chi connectivity index (χ0n) is 16.1. The second-order valence-corrected chi connectivity index (χ2v) is 9.88. The lowest BCUT2D eigenvalue weighted by Crippen LogP contribution is -2.49. The van der Waals surface area contributed by atoms with E-state index in [1.165, 1.54) is 29.2 Å². The van der Waals surface area contributed by atoms with Gasteiger partial charge in [0, 0.05) is 37.0 Å². The van der Waals surface area contributed by atoms with Crippen LogP contribution >= 0.6 is 0 Å². The number of amides is 1. The average molecular weight is 418 g/mol. The number of aromatic nitrogens is 1. The lowest BCUT2D eigenvalue weighted by atomic mass is 10.0. The highest BCUT2D eigenvalue weighted by Crippen LogP contribution is 2.28. The maximum atomic E-state index is 12.5. The number of ketones is 1. The summed E-state index contributed by atoms with van der Waals surface area (Å²) < 4.78 is 23.5. The van der Waals surface area contributed by atoms with E-state index < -0.39 is 20.5 Å². The molecule has 1 aliphatic carbocycles. The molecule has 0 aliphatic heterocycles. The lowest BCUT2D eigenvalue weighted by molar-refractivity contribution is -0.131. The van der Waals surface area contributed by atoms with Crippen molar-refractivity contribution in [3.8, 4) is 11.1 Å². The van der Waals surface area contributed by atoms with Crippen LogP contribution in [0.5, 0.6) is 0 Å². The number of carbonyl (C=O) groups excluding carboxylic acids is 2. The molecule has 0 fully saturated rings. The highest BCUT2D eigenvalue weighted by Gasteiger charge is 2.43. The van der Waals surface area contributed by atoms with Gasteiger partial charge in [-0.1, -0.05) is 18.2 Å². The molecule has 154 valence electrons. The Morgan fingerprint density at radius 1 is 1.17 bits per heavy atom. The number of benzene rings is 1. The first-order valence-electron chi connectivity index (χ1n) is 9.08. The molecule has 1 aromatic carbocycles. The molecule has 0 saturated carbocycles. The standard InChI is InChI=1S/C20H22N2O6S/c1-20(19(25)21-26,29(2,27)28)8-10-22-9-7-14(12-18(22)24)13-3-5-16-15(11-13)4-6-17(16)23/h3,5,7,9,11-12,26H,4,6,8,10H2,1-2H3,(H,21,25). The van der Waals surface area contributed by atoms with Crippen molar-refractivity contribution < 1.29 is 23.2 Å². The topological polar surface area (TPSA) is 123 Å². The number of pyridine rings is 1. The first-order valence-corrected chi connectivity index (χ1v) is 11.0. The molecule has 1 atom stereocenters. The molecule has 0 radical (unpaired) electrons. The number of carbonyl (C=O) groups is 2. The Hall–Kier alpha value is -2.78. The number of Topliss-reactive ketones (excluding diaryl/α,β-unsaturated/α-hetero) is 1. The van der Waals surface area contributed by atoms with Crippen LogP contribution in [0.3, 0.4) is 0 Å². The van der Waals surface area contributed by atoms with Gasteiger partial charge in [0.25, 0.3) is 11.5 Å². The molecule has 1 amide bonds. The predicted molar refractivity (Wildman–Crippen MR) is 107 cm³/mol. The molecule has 1 unspecified atom stereocenters. The molecule has 0 spiro atoms. The maximum absolute atomic E-state index is 12.5. The van der Waals surface area contributed by atoms with Crippen LogP contribution in [0.4, 0.5) is 0 Å². The highest BCUT2D eigenvalue weighted by molar-refractivity contribution is 7.92. The molecular formula is C20H22N2O6S. The maximum Gasteiger partial charge on any atom is 0.264 e. The van der Waals surface area contributed by atoms with E-state index in [-0.39, 0.29) is 24.3 Å². The minimum atomic E-state index is -3.84. The molecular weight excluding hydrogens is 396 g/mol. The monoisotopic (exact) mass is 418 g/mol. The Morgan fingerprint density at radius 2 is 1.86 bits per heavy atom. The lowest BCUT2D eigenvalue weighted by Gasteiger charge is -2.25. The Balaban J connectivity index is 1.84. The minimum Gasteiger partial charge on any atom is -0.315 e. The second-order valence-electron chi connectivity index (χ2n) is 7.44. The fourth-order valence-corrected chi connectivity index (χ4v) is 4.27. The third-order valence-corrected chi connectivity index (χ3v) is 7.61. The number of hydrogen-bond acceptors (Lipinski definition) is 6. The number of fused-ring (bicyclic) bond motifs is 1. The zero-order valence-corrected chi connectivity index (χ0v) is 17.0. The van der Waals surface area contributed by atoms with Gasteiger partial charge >= 0.3 is 0 Å². The van der Waals surface area contributed by atoms with E-state index in [4.69, 9.17) is 5.21 Å². The van der Waals surface area contributed by atoms with Crippen LogP contribution in [-0.4, -0.2) is 40.9 Å². The van der Waals surface area contributed by atoms with Crippen LogP contribution in [0, 0.1) is 0 Å². The van der Waals surface area contributed by atoms with E-state index in [2.05, 4.69) is 0 Å². The van der Waals surface area contributed by atoms with Crippen LogP contribution in [0.2, 0.25) is 0 Å². The number of rotatable bonds is 6. The molecule has 0 bridgehead atoms. The highest BCUT2D eigenvalue weighted by atomic mass is 32.2. The second kappa shape index (κ2) is 7.57. The van der Waals surface area contributed by atoms with E-state index in [1.807, 2.05) is 6.07 Å². The largest absolute Gasteiger partial charge is 0.315 e. The molecule has 8 nitrogen and oxygen atoms in total. The van der Waals surface area contributed by atoms with E-state index in [0.29, 0.717) is 18.4 Å². The predicted octanol–water partition coefficient (Wildman–Crippen LogP) is 1.34. The van der Waals surface area contributed by atoms with Crippen molar-refractivity contribution >= 4 is 21.5 Å². The molecule has 1 aliphatic rings. The quantitative estimate of drug-likeness (QED) is 0.539. The van der Waals surface area contributed by atoms with Crippen molar-refractivity contribution in [2.45, 2.75) is 37.5 Å². The van der Waals surface area contributed by atoms with Gasteiger partial charge in [-0.15, -0.1) is 0 Å². The number of sulfone groups is 1. The van der Waals surface area contributed by atoms with Crippen molar-refractivity contribution in [3.05, 3.63) is 58.0 Å². The summed E-state index contributed by atoms with van der Waals surface area (Å²) in [5, 5.41) is 8.88. The van der Waals surface area contributed by atoms with Crippen molar-refractivity contribution in [1.82, 2.24) is 10.0 Å². The molecule has 9 heteroatoms. The van der Waals surface area contributed by atoms with E-state index in [0.717, 1.165) is 22.9 Å². The van der Waals surface area contributed by atoms with Crippen LogP contribution in [0.25, 0.3) is 11.1 Å². The normalized spacial score (nSPS) is 15.6. The van der Waals surface area contributed by atoms with Crippen molar-refractivity contribution in [2.75, 3.05) is 6.26 Å². The average Bonchev–Trinajstić information content (AvgIpc) is 3.05. The van der Waals surface area contributed by atoms with Gasteiger partial charge in [-0.25, -0.2) is 13.9 Å². The van der Waals surface area contributed by atoms with Gasteiger partial charge in [0.1, 0.15) is 0 Å². The Bertz CT molecular complexity index is 1150. The molecule has 2 aromatic rings. The molecule has 29 heavy (non-hydrogen) atoms. The molecule has 2 N–H and O–H groups in total. The number of hydroxylamine groups is 1. The summed E-state index contributed by atoms with van der Waals surface area (Å²) in [5.41, 5.74) is 4.24. The van der Waals surface area contributed by atoms with Crippen LogP contribution in [0.1, 0.15) is 35.7 Å². The fraction of sp³-hybridized carbons (Fsp3) is 0.350. The van der Waals surface area contributed by atoms with Crippen LogP contribution in [0.15, 0.2) is 41.3 Å².